The van der Waals surface area contributed by atoms with Crippen molar-refractivity contribution in [2.45, 2.75) is 26.8 Å². The minimum atomic E-state index is 0.0194. The number of amides is 1. The van der Waals surface area contributed by atoms with Crippen molar-refractivity contribution in [3.05, 3.63) is 0 Å². The Balaban J connectivity index is 3.89. The van der Waals surface area contributed by atoms with E-state index in [4.69, 9.17) is 4.74 Å². The van der Waals surface area contributed by atoms with E-state index in [-0.39, 0.29) is 11.9 Å². The zero-order valence-electron chi connectivity index (χ0n) is 9.59. The Morgan fingerprint density at radius 1 is 1.43 bits per heavy atom. The average Bonchev–Trinajstić information content (AvgIpc) is 2.12. The van der Waals surface area contributed by atoms with Crippen LogP contribution in [0.2, 0.25) is 0 Å². The number of ether oxygens (including phenoxy) is 1. The highest BCUT2D eigenvalue weighted by molar-refractivity contribution is 5.78. The van der Waals surface area contributed by atoms with E-state index in [1.165, 1.54) is 0 Å². The van der Waals surface area contributed by atoms with Gasteiger partial charge in [0.05, 0.1) is 19.2 Å². The molecule has 0 bridgehead atoms. The van der Waals surface area contributed by atoms with Crippen molar-refractivity contribution in [3.8, 4) is 0 Å². The molecule has 0 saturated heterocycles. The van der Waals surface area contributed by atoms with Crippen molar-refractivity contribution < 1.29 is 9.53 Å². The summed E-state index contributed by atoms with van der Waals surface area (Å²) in [7, 11) is 1.76. The second-order valence-electron chi connectivity index (χ2n) is 3.61. The van der Waals surface area contributed by atoms with E-state index in [9.17, 15) is 4.79 Å². The minimum Gasteiger partial charge on any atom is -0.380 e. The third kappa shape index (κ3) is 5.94. The molecule has 2 N–H and O–H groups in total. The first-order chi connectivity index (χ1) is 6.61. The molecule has 0 aromatic heterocycles. The monoisotopic (exact) mass is 202 g/mol. The number of nitrogens with one attached hydrogen (secondary N) is 2. The predicted molar refractivity (Wildman–Crippen MR) is 57.2 cm³/mol. The van der Waals surface area contributed by atoms with E-state index >= 15 is 0 Å². The highest BCUT2D eigenvalue weighted by Gasteiger charge is 2.15. The molecule has 0 radical (unpaired) electrons. The van der Waals surface area contributed by atoms with Gasteiger partial charge in [-0.3, -0.25) is 4.79 Å². The first kappa shape index (κ1) is 13.4. The lowest BCUT2D eigenvalue weighted by Crippen LogP contribution is -2.44. The number of carbonyl (C=O) groups is 1. The third-order valence-electron chi connectivity index (χ3n) is 1.99. The van der Waals surface area contributed by atoms with Gasteiger partial charge in [0.1, 0.15) is 0 Å². The Bertz CT molecular complexity index is 160. The minimum absolute atomic E-state index is 0.0194. The molecule has 0 aliphatic carbocycles. The maximum atomic E-state index is 11.3. The summed E-state index contributed by atoms with van der Waals surface area (Å²) in [5.74, 6) is 0.410. The van der Waals surface area contributed by atoms with Crippen LogP contribution >= 0.6 is 0 Å². The van der Waals surface area contributed by atoms with Gasteiger partial charge in [-0.1, -0.05) is 13.8 Å². The Morgan fingerprint density at radius 2 is 2.07 bits per heavy atom. The van der Waals surface area contributed by atoms with Crippen LogP contribution in [0.1, 0.15) is 20.8 Å². The largest absolute Gasteiger partial charge is 0.380 e. The van der Waals surface area contributed by atoms with Crippen LogP contribution in [0.3, 0.4) is 0 Å². The van der Waals surface area contributed by atoms with Crippen LogP contribution < -0.4 is 10.6 Å². The summed E-state index contributed by atoms with van der Waals surface area (Å²) in [5.41, 5.74) is 0. The molecule has 1 atom stereocenters. The van der Waals surface area contributed by atoms with Gasteiger partial charge in [-0.25, -0.2) is 0 Å². The van der Waals surface area contributed by atoms with E-state index in [1.54, 1.807) is 7.05 Å². The van der Waals surface area contributed by atoms with Crippen molar-refractivity contribution >= 4 is 5.91 Å². The van der Waals surface area contributed by atoms with E-state index in [0.29, 0.717) is 25.7 Å². The standard InChI is InChI=1S/C10H22N2O2/c1-5-14-7-9(8(2)3)12-10(13)6-11-4/h8-9,11H,5-7H2,1-4H3,(H,12,13). The molecule has 0 aliphatic heterocycles. The molecule has 0 saturated carbocycles. The summed E-state index contributed by atoms with van der Waals surface area (Å²) >= 11 is 0. The normalized spacial score (nSPS) is 12.9. The average molecular weight is 202 g/mol. The van der Waals surface area contributed by atoms with Gasteiger partial charge >= 0.3 is 0 Å². The maximum Gasteiger partial charge on any atom is 0.234 e. The number of rotatable bonds is 7. The third-order valence-corrected chi connectivity index (χ3v) is 1.99. The quantitative estimate of drug-likeness (QED) is 0.627. The van der Waals surface area contributed by atoms with Crippen molar-refractivity contribution in [1.82, 2.24) is 10.6 Å². The number of carbonyl (C=O) groups excluding carboxylic acids is 1. The van der Waals surface area contributed by atoms with Gasteiger partial charge in [-0.2, -0.15) is 0 Å². The molecule has 0 aromatic carbocycles. The smallest absolute Gasteiger partial charge is 0.234 e. The lowest BCUT2D eigenvalue weighted by atomic mass is 10.1. The van der Waals surface area contributed by atoms with Crippen LogP contribution in [-0.4, -0.2) is 38.8 Å². The van der Waals surface area contributed by atoms with Crippen molar-refractivity contribution in [2.75, 3.05) is 26.8 Å². The fourth-order valence-electron chi connectivity index (χ4n) is 1.06. The van der Waals surface area contributed by atoms with Crippen molar-refractivity contribution in [1.29, 1.82) is 0 Å². The molecule has 0 spiro atoms. The lowest BCUT2D eigenvalue weighted by Gasteiger charge is -2.21. The summed E-state index contributed by atoms with van der Waals surface area (Å²) in [6, 6.07) is 0.107. The van der Waals surface area contributed by atoms with Crippen LogP contribution in [0.5, 0.6) is 0 Å². The highest BCUT2D eigenvalue weighted by atomic mass is 16.5. The predicted octanol–water partition coefficient (Wildman–Crippen LogP) is 0.383. The van der Waals surface area contributed by atoms with Gasteiger partial charge in [0.15, 0.2) is 0 Å². The first-order valence-corrected chi connectivity index (χ1v) is 5.13. The molecule has 0 aliphatic rings. The molecule has 4 nitrogen and oxygen atoms in total. The van der Waals surface area contributed by atoms with Crippen molar-refractivity contribution in [2.24, 2.45) is 5.92 Å². The van der Waals surface area contributed by atoms with E-state index in [2.05, 4.69) is 24.5 Å². The van der Waals surface area contributed by atoms with Gasteiger partial charge in [0, 0.05) is 6.61 Å². The molecule has 1 amide bonds. The Morgan fingerprint density at radius 3 is 2.50 bits per heavy atom. The Hall–Kier alpha value is -0.610. The fraction of sp³-hybridized carbons (Fsp3) is 0.900. The number of hydrogen-bond donors (Lipinski definition) is 2. The maximum absolute atomic E-state index is 11.3. The number of likely N-dealkylation sites (N-methyl/N-ethyl adjacent to an activating group) is 1. The van der Waals surface area contributed by atoms with Gasteiger partial charge in [0.25, 0.3) is 0 Å². The molecule has 4 heteroatoms. The second kappa shape index (κ2) is 7.76. The van der Waals surface area contributed by atoms with Crippen LogP contribution in [-0.2, 0) is 9.53 Å². The van der Waals surface area contributed by atoms with Crippen LogP contribution in [0.4, 0.5) is 0 Å². The molecule has 0 aromatic rings. The van der Waals surface area contributed by atoms with Crippen LogP contribution in [0.15, 0.2) is 0 Å². The lowest BCUT2D eigenvalue weighted by molar-refractivity contribution is -0.121. The van der Waals surface area contributed by atoms with E-state index < -0.39 is 0 Å². The molecular formula is C10H22N2O2. The molecule has 1 unspecified atom stereocenters. The summed E-state index contributed by atoms with van der Waals surface area (Å²) in [6.45, 7) is 7.73. The van der Waals surface area contributed by atoms with Crippen LogP contribution in [0, 0.1) is 5.92 Å². The zero-order valence-corrected chi connectivity index (χ0v) is 9.59. The number of hydrogen-bond acceptors (Lipinski definition) is 3. The molecule has 0 heterocycles. The van der Waals surface area contributed by atoms with Gasteiger partial charge in [0.2, 0.25) is 5.91 Å². The van der Waals surface area contributed by atoms with Gasteiger partial charge < -0.3 is 15.4 Å². The van der Waals surface area contributed by atoms with Crippen LogP contribution in [0.25, 0.3) is 0 Å². The zero-order chi connectivity index (χ0) is 11.0. The van der Waals surface area contributed by atoms with E-state index in [0.717, 1.165) is 0 Å². The summed E-state index contributed by atoms with van der Waals surface area (Å²) in [4.78, 5) is 11.3. The molecule has 84 valence electrons. The van der Waals surface area contributed by atoms with Crippen molar-refractivity contribution in [3.63, 3.8) is 0 Å². The Labute approximate surface area is 86.4 Å². The SMILES string of the molecule is CCOCC(NC(=O)CNC)C(C)C. The molecular weight excluding hydrogens is 180 g/mol. The fourth-order valence-corrected chi connectivity index (χ4v) is 1.06. The molecule has 14 heavy (non-hydrogen) atoms. The van der Waals surface area contributed by atoms with Gasteiger partial charge in [-0.05, 0) is 19.9 Å². The molecule has 0 rings (SSSR count). The van der Waals surface area contributed by atoms with Gasteiger partial charge in [-0.15, -0.1) is 0 Å². The molecule has 0 fully saturated rings. The summed E-state index contributed by atoms with van der Waals surface area (Å²) < 4.78 is 5.30. The highest BCUT2D eigenvalue weighted by Crippen LogP contribution is 2.01. The summed E-state index contributed by atoms with van der Waals surface area (Å²) in [6.07, 6.45) is 0. The Kier molecular flexibility index (Phi) is 7.42. The first-order valence-electron chi connectivity index (χ1n) is 5.13. The topological polar surface area (TPSA) is 50.4 Å². The second-order valence-corrected chi connectivity index (χ2v) is 3.61. The summed E-state index contributed by atoms with van der Waals surface area (Å²) in [5, 5.41) is 5.74. The van der Waals surface area contributed by atoms with E-state index in [1.807, 2.05) is 6.92 Å².